The maximum atomic E-state index is 11.8. The number of pyridine rings is 1. The van der Waals surface area contributed by atoms with Gasteiger partial charge >= 0.3 is 5.97 Å². The second-order valence-electron chi connectivity index (χ2n) is 5.79. The van der Waals surface area contributed by atoms with E-state index in [2.05, 4.69) is 31.1 Å². The maximum Gasteiger partial charge on any atom is 0.303 e. The van der Waals surface area contributed by atoms with Crippen LogP contribution in [0.1, 0.15) is 56.1 Å². The summed E-state index contributed by atoms with van der Waals surface area (Å²) in [5.41, 5.74) is 1.48. The Labute approximate surface area is 119 Å². The number of carbonyl (C=O) groups excluding carboxylic acids is 1. The van der Waals surface area contributed by atoms with Crippen molar-refractivity contribution in [2.24, 2.45) is 0 Å². The highest BCUT2D eigenvalue weighted by molar-refractivity contribution is 5.92. The van der Waals surface area contributed by atoms with Gasteiger partial charge in [0.05, 0.1) is 0 Å². The summed E-state index contributed by atoms with van der Waals surface area (Å²) >= 11 is 0. The van der Waals surface area contributed by atoms with Gasteiger partial charge in [-0.25, -0.2) is 0 Å². The van der Waals surface area contributed by atoms with Crippen molar-refractivity contribution in [1.82, 2.24) is 10.3 Å². The highest BCUT2D eigenvalue weighted by Gasteiger charge is 2.15. The van der Waals surface area contributed by atoms with E-state index in [1.54, 1.807) is 12.3 Å². The molecule has 0 aliphatic heterocycles. The zero-order chi connectivity index (χ0) is 15.2. The van der Waals surface area contributed by atoms with Gasteiger partial charge in [0, 0.05) is 19.2 Å². The van der Waals surface area contributed by atoms with Crippen molar-refractivity contribution in [2.45, 2.75) is 45.4 Å². The SMILES string of the molecule is CC(C)(C)c1ccc(C(=O)NCCCCC(=O)O)nc1. The normalized spacial score (nSPS) is 11.2. The Hall–Kier alpha value is -1.91. The zero-order valence-electron chi connectivity index (χ0n) is 12.3. The van der Waals surface area contributed by atoms with Gasteiger partial charge in [-0.05, 0) is 29.9 Å². The van der Waals surface area contributed by atoms with Gasteiger partial charge in [0.15, 0.2) is 0 Å². The molecule has 1 heterocycles. The average Bonchev–Trinajstić information content (AvgIpc) is 2.37. The number of aromatic nitrogens is 1. The number of carboxylic acids is 1. The molecular weight excluding hydrogens is 256 g/mol. The van der Waals surface area contributed by atoms with Crippen molar-refractivity contribution in [2.75, 3.05) is 6.54 Å². The minimum atomic E-state index is -0.809. The summed E-state index contributed by atoms with van der Waals surface area (Å²) in [4.78, 5) is 26.3. The fourth-order valence-electron chi connectivity index (χ4n) is 1.67. The van der Waals surface area contributed by atoms with E-state index in [9.17, 15) is 9.59 Å². The molecule has 0 bridgehead atoms. The number of rotatable bonds is 6. The van der Waals surface area contributed by atoms with Crippen LogP contribution in [0, 0.1) is 0 Å². The third-order valence-electron chi connectivity index (χ3n) is 2.97. The van der Waals surface area contributed by atoms with E-state index in [1.165, 1.54) is 0 Å². The number of nitrogens with one attached hydrogen (secondary N) is 1. The fourth-order valence-corrected chi connectivity index (χ4v) is 1.67. The Kier molecular flexibility index (Phi) is 5.67. The lowest BCUT2D eigenvalue weighted by molar-refractivity contribution is -0.137. The summed E-state index contributed by atoms with van der Waals surface area (Å²) in [6, 6.07) is 3.62. The number of amides is 1. The van der Waals surface area contributed by atoms with E-state index < -0.39 is 5.97 Å². The number of carboxylic acid groups (broad SMARTS) is 1. The first kappa shape index (κ1) is 16.1. The number of hydrogen-bond acceptors (Lipinski definition) is 3. The lowest BCUT2D eigenvalue weighted by Gasteiger charge is -2.18. The van der Waals surface area contributed by atoms with Crippen molar-refractivity contribution in [3.63, 3.8) is 0 Å². The Morgan fingerprint density at radius 2 is 1.95 bits per heavy atom. The summed E-state index contributed by atoms with van der Waals surface area (Å²) in [6.07, 6.45) is 3.07. The molecule has 1 aromatic rings. The highest BCUT2D eigenvalue weighted by atomic mass is 16.4. The van der Waals surface area contributed by atoms with Crippen LogP contribution < -0.4 is 5.32 Å². The summed E-state index contributed by atoms with van der Waals surface area (Å²) in [7, 11) is 0. The number of unbranched alkanes of at least 4 members (excludes halogenated alkanes) is 1. The van der Waals surface area contributed by atoms with Crippen LogP contribution in [-0.4, -0.2) is 28.5 Å². The second kappa shape index (κ2) is 7.03. The van der Waals surface area contributed by atoms with Crippen LogP contribution in [-0.2, 0) is 10.2 Å². The van der Waals surface area contributed by atoms with Crippen molar-refractivity contribution in [3.8, 4) is 0 Å². The van der Waals surface area contributed by atoms with Crippen LogP contribution >= 0.6 is 0 Å². The summed E-state index contributed by atoms with van der Waals surface area (Å²) in [5.74, 6) is -1.03. The van der Waals surface area contributed by atoms with E-state index in [1.807, 2.05) is 6.07 Å². The Morgan fingerprint density at radius 3 is 2.45 bits per heavy atom. The number of aliphatic carboxylic acids is 1. The standard InChI is InChI=1S/C15H22N2O3/c1-15(2,3)11-7-8-12(17-10-11)14(20)16-9-5-4-6-13(18)19/h7-8,10H,4-6,9H2,1-3H3,(H,16,20)(H,18,19). The van der Waals surface area contributed by atoms with Gasteiger partial charge < -0.3 is 10.4 Å². The van der Waals surface area contributed by atoms with Crippen molar-refractivity contribution in [1.29, 1.82) is 0 Å². The van der Waals surface area contributed by atoms with Crippen LogP contribution in [0.3, 0.4) is 0 Å². The first-order valence-corrected chi connectivity index (χ1v) is 6.77. The van der Waals surface area contributed by atoms with Crippen molar-refractivity contribution >= 4 is 11.9 Å². The molecular formula is C15H22N2O3. The number of carbonyl (C=O) groups is 2. The monoisotopic (exact) mass is 278 g/mol. The van der Waals surface area contributed by atoms with E-state index >= 15 is 0 Å². The Bertz CT molecular complexity index is 461. The molecule has 20 heavy (non-hydrogen) atoms. The predicted molar refractivity (Wildman–Crippen MR) is 76.8 cm³/mol. The van der Waals surface area contributed by atoms with Gasteiger partial charge in [-0.1, -0.05) is 26.8 Å². The van der Waals surface area contributed by atoms with Crippen LogP contribution in [0.15, 0.2) is 18.3 Å². The molecule has 0 atom stereocenters. The Balaban J connectivity index is 2.42. The summed E-state index contributed by atoms with van der Waals surface area (Å²) < 4.78 is 0. The lowest BCUT2D eigenvalue weighted by Crippen LogP contribution is -2.25. The molecule has 1 rings (SSSR count). The largest absolute Gasteiger partial charge is 0.481 e. The topological polar surface area (TPSA) is 79.3 Å². The minimum absolute atomic E-state index is 0.0127. The van der Waals surface area contributed by atoms with Gasteiger partial charge in [0.25, 0.3) is 5.91 Å². The van der Waals surface area contributed by atoms with Crippen molar-refractivity contribution < 1.29 is 14.7 Å². The van der Waals surface area contributed by atoms with Gasteiger partial charge in [0.2, 0.25) is 0 Å². The van der Waals surface area contributed by atoms with Crippen LogP contribution in [0.4, 0.5) is 0 Å². The number of hydrogen-bond donors (Lipinski definition) is 2. The number of nitrogens with zero attached hydrogens (tertiary/aromatic N) is 1. The third kappa shape index (κ3) is 5.38. The van der Waals surface area contributed by atoms with Gasteiger partial charge in [-0.3, -0.25) is 14.6 Å². The second-order valence-corrected chi connectivity index (χ2v) is 5.79. The molecule has 0 radical (unpaired) electrons. The van der Waals surface area contributed by atoms with Crippen LogP contribution in [0.5, 0.6) is 0 Å². The van der Waals surface area contributed by atoms with E-state index in [-0.39, 0.29) is 17.7 Å². The first-order chi connectivity index (χ1) is 9.30. The molecule has 0 saturated carbocycles. The summed E-state index contributed by atoms with van der Waals surface area (Å²) in [5, 5.41) is 11.2. The van der Waals surface area contributed by atoms with E-state index in [4.69, 9.17) is 5.11 Å². The molecule has 110 valence electrons. The molecule has 1 amide bonds. The van der Waals surface area contributed by atoms with E-state index in [0.717, 1.165) is 5.56 Å². The predicted octanol–water partition coefficient (Wildman–Crippen LogP) is 2.36. The molecule has 0 aromatic carbocycles. The lowest BCUT2D eigenvalue weighted by atomic mass is 9.88. The molecule has 0 saturated heterocycles. The molecule has 2 N–H and O–H groups in total. The van der Waals surface area contributed by atoms with Crippen LogP contribution in [0.25, 0.3) is 0 Å². The molecule has 0 unspecified atom stereocenters. The zero-order valence-corrected chi connectivity index (χ0v) is 12.3. The maximum absolute atomic E-state index is 11.8. The molecule has 0 fully saturated rings. The quantitative estimate of drug-likeness (QED) is 0.783. The smallest absolute Gasteiger partial charge is 0.303 e. The molecule has 5 heteroatoms. The Morgan fingerprint density at radius 1 is 1.25 bits per heavy atom. The van der Waals surface area contributed by atoms with Gasteiger partial charge in [0.1, 0.15) is 5.69 Å². The molecule has 1 aromatic heterocycles. The molecule has 0 spiro atoms. The van der Waals surface area contributed by atoms with Gasteiger partial charge in [-0.2, -0.15) is 0 Å². The minimum Gasteiger partial charge on any atom is -0.481 e. The molecule has 0 aliphatic carbocycles. The molecule has 5 nitrogen and oxygen atoms in total. The highest BCUT2D eigenvalue weighted by Crippen LogP contribution is 2.20. The first-order valence-electron chi connectivity index (χ1n) is 6.77. The average molecular weight is 278 g/mol. The summed E-state index contributed by atoms with van der Waals surface area (Å²) in [6.45, 7) is 6.74. The van der Waals surface area contributed by atoms with E-state index in [0.29, 0.717) is 25.1 Å². The fraction of sp³-hybridized carbons (Fsp3) is 0.533. The molecule has 0 aliphatic rings. The van der Waals surface area contributed by atoms with Crippen molar-refractivity contribution in [3.05, 3.63) is 29.6 Å². The van der Waals surface area contributed by atoms with Gasteiger partial charge in [-0.15, -0.1) is 0 Å². The van der Waals surface area contributed by atoms with Crippen LogP contribution in [0.2, 0.25) is 0 Å². The third-order valence-corrected chi connectivity index (χ3v) is 2.97.